The first-order chi connectivity index (χ1) is 14.7. The molecule has 3 rings (SSSR count). The van der Waals surface area contributed by atoms with Crippen molar-refractivity contribution < 1.29 is 27.8 Å². The number of esters is 1. The highest BCUT2D eigenvalue weighted by Gasteiger charge is 2.24. The van der Waals surface area contributed by atoms with E-state index < -0.39 is 16.0 Å². The van der Waals surface area contributed by atoms with Crippen LogP contribution in [-0.4, -0.2) is 56.4 Å². The molecule has 1 heterocycles. The van der Waals surface area contributed by atoms with Crippen LogP contribution in [0.3, 0.4) is 0 Å². The molecule has 9 nitrogen and oxygen atoms in total. The van der Waals surface area contributed by atoms with Gasteiger partial charge in [-0.1, -0.05) is 6.07 Å². The van der Waals surface area contributed by atoms with Gasteiger partial charge in [-0.25, -0.2) is 4.79 Å². The van der Waals surface area contributed by atoms with E-state index in [9.17, 15) is 18.3 Å². The number of phenolic OH excluding ortho intramolecular Hbond substituents is 1. The molecular formula is C21H21N3O6S. The van der Waals surface area contributed by atoms with Gasteiger partial charge in [-0.3, -0.25) is 0 Å². The summed E-state index contributed by atoms with van der Waals surface area (Å²) in [5, 5.41) is 9.66. The second-order valence-electron chi connectivity index (χ2n) is 6.62. The summed E-state index contributed by atoms with van der Waals surface area (Å²) in [6.07, 6.45) is 1.65. The summed E-state index contributed by atoms with van der Waals surface area (Å²) in [6, 6.07) is 13.1. The van der Waals surface area contributed by atoms with Crippen LogP contribution in [0.15, 0.2) is 70.1 Å². The minimum atomic E-state index is -4.32. The Labute approximate surface area is 179 Å². The number of sulfonamides is 1. The van der Waals surface area contributed by atoms with Crippen molar-refractivity contribution in [1.29, 1.82) is 0 Å². The molecule has 0 aliphatic carbocycles. The van der Waals surface area contributed by atoms with Gasteiger partial charge in [0.25, 0.3) is 10.0 Å². The van der Waals surface area contributed by atoms with Crippen LogP contribution >= 0.6 is 0 Å². The maximum absolute atomic E-state index is 13.3. The molecule has 0 unspecified atom stereocenters. The quantitative estimate of drug-likeness (QED) is 0.341. The second-order valence-corrected chi connectivity index (χ2v) is 8.19. The monoisotopic (exact) mass is 443 g/mol. The first-order valence-electron chi connectivity index (χ1n) is 9.06. The molecule has 0 spiro atoms. The number of hydrogen-bond donors (Lipinski definition) is 2. The lowest BCUT2D eigenvalue weighted by Crippen LogP contribution is -2.25. The summed E-state index contributed by atoms with van der Waals surface area (Å²) in [7, 11) is 0.185. The second kappa shape index (κ2) is 8.92. The van der Waals surface area contributed by atoms with Crippen molar-refractivity contribution in [3.8, 4) is 17.2 Å². The molecule has 0 atom stereocenters. The van der Waals surface area contributed by atoms with Crippen molar-refractivity contribution in [2.75, 3.05) is 21.2 Å². The number of phenols is 1. The Bertz CT molecular complexity index is 1220. The summed E-state index contributed by atoms with van der Waals surface area (Å²) in [4.78, 5) is 16.1. The zero-order valence-corrected chi connectivity index (χ0v) is 17.9. The van der Waals surface area contributed by atoms with Crippen LogP contribution in [0.4, 0.5) is 0 Å². The molecule has 0 amide bonds. The third kappa shape index (κ3) is 5.04. The Balaban J connectivity index is 2.15. The van der Waals surface area contributed by atoms with E-state index in [0.717, 1.165) is 6.07 Å². The number of nitrogens with zero attached hydrogens (tertiary/aromatic N) is 2. The number of ether oxygens (including phenoxy) is 2. The molecule has 10 heteroatoms. The number of methoxy groups -OCH3 is 1. The molecule has 1 aromatic heterocycles. The molecule has 0 aliphatic heterocycles. The summed E-state index contributed by atoms with van der Waals surface area (Å²) in [5.41, 5.74) is 0.513. The lowest BCUT2D eigenvalue weighted by molar-refractivity contribution is 0.0600. The highest BCUT2D eigenvalue weighted by molar-refractivity contribution is 7.90. The number of H-pyrrole nitrogens is 1. The lowest BCUT2D eigenvalue weighted by atomic mass is 10.2. The fourth-order valence-electron chi connectivity index (χ4n) is 2.72. The van der Waals surface area contributed by atoms with Gasteiger partial charge in [-0.2, -0.15) is 8.42 Å². The molecule has 0 fully saturated rings. The lowest BCUT2D eigenvalue weighted by Gasteiger charge is -2.16. The predicted molar refractivity (Wildman–Crippen MR) is 114 cm³/mol. The molecule has 2 N–H and O–H groups in total. The number of rotatable bonds is 6. The minimum Gasteiger partial charge on any atom is -0.508 e. The van der Waals surface area contributed by atoms with Crippen molar-refractivity contribution >= 4 is 21.8 Å². The Kier molecular flexibility index (Phi) is 6.30. The van der Waals surface area contributed by atoms with Crippen LogP contribution in [0.1, 0.15) is 16.1 Å². The Hall–Kier alpha value is -3.79. The SMILES string of the molecule is COC(=O)c1ccc(Oc2cccc(O)c2)c(S(=O)(=O)N=C(c2ccc[nH]2)N(C)C)c1. The van der Waals surface area contributed by atoms with Gasteiger partial charge in [0, 0.05) is 26.4 Å². The fourth-order valence-corrected chi connectivity index (χ4v) is 3.94. The van der Waals surface area contributed by atoms with Crippen molar-refractivity contribution in [2.45, 2.75) is 4.90 Å². The van der Waals surface area contributed by atoms with Crippen LogP contribution in [0.5, 0.6) is 17.2 Å². The molecule has 0 bridgehead atoms. The average molecular weight is 443 g/mol. The number of aromatic nitrogens is 1. The number of nitrogens with one attached hydrogen (secondary N) is 1. The molecule has 0 aliphatic rings. The molecular weight excluding hydrogens is 422 g/mol. The van der Waals surface area contributed by atoms with Gasteiger partial charge in [-0.15, -0.1) is 4.40 Å². The van der Waals surface area contributed by atoms with E-state index in [4.69, 9.17) is 9.47 Å². The Morgan fingerprint density at radius 3 is 2.48 bits per heavy atom. The van der Waals surface area contributed by atoms with Gasteiger partial charge in [-0.05, 0) is 42.5 Å². The van der Waals surface area contributed by atoms with E-state index in [1.54, 1.807) is 49.5 Å². The first kappa shape index (κ1) is 21.9. The van der Waals surface area contributed by atoms with Gasteiger partial charge in [0.05, 0.1) is 18.4 Å². The zero-order chi connectivity index (χ0) is 22.6. The van der Waals surface area contributed by atoms with Crippen LogP contribution in [0.25, 0.3) is 0 Å². The summed E-state index contributed by atoms with van der Waals surface area (Å²) < 4.78 is 40.9. The maximum Gasteiger partial charge on any atom is 0.337 e. The topological polar surface area (TPSA) is 121 Å². The summed E-state index contributed by atoms with van der Waals surface area (Å²) in [5.74, 6) is -0.443. The van der Waals surface area contributed by atoms with Gasteiger partial charge >= 0.3 is 5.97 Å². The van der Waals surface area contributed by atoms with E-state index >= 15 is 0 Å². The third-order valence-electron chi connectivity index (χ3n) is 4.16. The highest BCUT2D eigenvalue weighted by Crippen LogP contribution is 2.32. The van der Waals surface area contributed by atoms with Crippen molar-refractivity contribution in [2.24, 2.45) is 4.40 Å². The Morgan fingerprint density at radius 2 is 1.87 bits per heavy atom. The third-order valence-corrected chi connectivity index (χ3v) is 5.45. The summed E-state index contributed by atoms with van der Waals surface area (Å²) >= 11 is 0. The van der Waals surface area contributed by atoms with Gasteiger partial charge in [0.15, 0.2) is 5.84 Å². The number of carbonyl (C=O) groups is 1. The number of amidine groups is 1. The zero-order valence-electron chi connectivity index (χ0n) is 17.1. The van der Waals surface area contributed by atoms with Gasteiger partial charge in [0.2, 0.25) is 0 Å². The largest absolute Gasteiger partial charge is 0.508 e. The maximum atomic E-state index is 13.3. The van der Waals surface area contributed by atoms with Crippen LogP contribution < -0.4 is 4.74 Å². The molecule has 3 aromatic rings. The van der Waals surface area contributed by atoms with Crippen LogP contribution in [0, 0.1) is 0 Å². The smallest absolute Gasteiger partial charge is 0.337 e. The molecule has 0 radical (unpaired) electrons. The van der Waals surface area contributed by atoms with Crippen molar-refractivity contribution in [3.05, 3.63) is 72.1 Å². The van der Waals surface area contributed by atoms with E-state index in [2.05, 4.69) is 9.38 Å². The number of carbonyl (C=O) groups excluding carboxylic acids is 1. The number of aromatic hydroxyl groups is 1. The normalized spacial score (nSPS) is 11.8. The van der Waals surface area contributed by atoms with Crippen molar-refractivity contribution in [3.63, 3.8) is 0 Å². The predicted octanol–water partition coefficient (Wildman–Crippen LogP) is 3.00. The molecule has 0 saturated heterocycles. The van der Waals surface area contributed by atoms with E-state index in [1.165, 1.54) is 31.4 Å². The van der Waals surface area contributed by atoms with Gasteiger partial charge in [0.1, 0.15) is 22.1 Å². The molecule has 162 valence electrons. The number of benzene rings is 2. The average Bonchev–Trinajstić information content (AvgIpc) is 3.26. The summed E-state index contributed by atoms with van der Waals surface area (Å²) in [6.45, 7) is 0. The van der Waals surface area contributed by atoms with Crippen molar-refractivity contribution in [1.82, 2.24) is 9.88 Å². The molecule has 2 aromatic carbocycles. The van der Waals surface area contributed by atoms with Crippen LogP contribution in [0.2, 0.25) is 0 Å². The van der Waals surface area contributed by atoms with E-state index in [1.807, 2.05) is 0 Å². The number of hydrogen-bond acceptors (Lipinski definition) is 6. The van der Waals surface area contributed by atoms with E-state index in [0.29, 0.717) is 5.69 Å². The fraction of sp³-hybridized carbons (Fsp3) is 0.143. The minimum absolute atomic E-state index is 0.0193. The van der Waals surface area contributed by atoms with Crippen LogP contribution in [-0.2, 0) is 14.8 Å². The standard InChI is InChI=1S/C21H21N3O6S/c1-24(2)20(17-8-5-11-22-17)23-31(27,28)19-12-14(21(26)29-3)9-10-18(19)30-16-7-4-6-15(25)13-16/h4-13,22,25H,1-3H3. The van der Waals surface area contributed by atoms with Gasteiger partial charge < -0.3 is 24.5 Å². The van der Waals surface area contributed by atoms with E-state index in [-0.39, 0.29) is 33.5 Å². The number of aromatic amines is 1. The molecule has 31 heavy (non-hydrogen) atoms. The first-order valence-corrected chi connectivity index (χ1v) is 10.5. The Morgan fingerprint density at radius 1 is 1.10 bits per heavy atom. The molecule has 0 saturated carbocycles. The highest BCUT2D eigenvalue weighted by atomic mass is 32.2.